The average molecular weight is 412 g/mol. The summed E-state index contributed by atoms with van der Waals surface area (Å²) in [5.74, 6) is -0.246. The number of allylic oxidation sites excluding steroid dienone is 3. The van der Waals surface area contributed by atoms with Crippen molar-refractivity contribution in [2.45, 2.75) is 38.5 Å². The lowest BCUT2D eigenvalue weighted by molar-refractivity contribution is -0.138. The maximum atomic E-state index is 13.3. The molecule has 29 heavy (non-hydrogen) atoms. The van der Waals surface area contributed by atoms with E-state index < -0.39 is 11.9 Å². The van der Waals surface area contributed by atoms with Gasteiger partial charge in [-0.05, 0) is 44.0 Å². The Morgan fingerprint density at radius 2 is 2.03 bits per heavy atom. The summed E-state index contributed by atoms with van der Waals surface area (Å²) in [5.41, 5.74) is 3.26. The third kappa shape index (κ3) is 3.51. The van der Waals surface area contributed by atoms with Gasteiger partial charge in [-0.1, -0.05) is 29.8 Å². The molecule has 0 radical (unpaired) electrons. The maximum absolute atomic E-state index is 13.3. The second-order valence-corrected chi connectivity index (χ2v) is 7.68. The number of ketones is 1. The number of dihydropyridines is 1. The van der Waals surface area contributed by atoms with Gasteiger partial charge in [0.15, 0.2) is 5.78 Å². The van der Waals surface area contributed by atoms with Crippen LogP contribution in [0.4, 0.5) is 0 Å². The largest absolute Gasteiger partial charge is 0.469 e. The van der Waals surface area contributed by atoms with Gasteiger partial charge in [0, 0.05) is 40.2 Å². The third-order valence-corrected chi connectivity index (χ3v) is 5.83. The predicted molar refractivity (Wildman–Crippen MR) is 109 cm³/mol. The van der Waals surface area contributed by atoms with Crippen LogP contribution in [-0.2, 0) is 14.3 Å². The van der Waals surface area contributed by atoms with E-state index in [1.807, 2.05) is 37.3 Å². The highest BCUT2D eigenvalue weighted by Gasteiger charge is 2.42. The third-order valence-electron chi connectivity index (χ3n) is 5.48. The van der Waals surface area contributed by atoms with E-state index in [1.54, 1.807) is 19.3 Å². The van der Waals surface area contributed by atoms with Crippen LogP contribution >= 0.6 is 11.6 Å². The molecule has 1 aromatic heterocycles. The minimum Gasteiger partial charge on any atom is -0.469 e. The predicted octanol–water partition coefficient (Wildman–Crippen LogP) is 4.86. The first-order valence-electron chi connectivity index (χ1n) is 9.70. The van der Waals surface area contributed by atoms with Crippen molar-refractivity contribution < 1.29 is 18.7 Å². The quantitative estimate of drug-likeness (QED) is 0.728. The average Bonchev–Trinajstić information content (AvgIpc) is 3.22. The number of benzene rings is 1. The maximum Gasteiger partial charge on any atom is 0.336 e. The van der Waals surface area contributed by atoms with Crippen LogP contribution in [0.1, 0.15) is 49.8 Å². The summed E-state index contributed by atoms with van der Waals surface area (Å²) in [5, 5.41) is 3.82. The van der Waals surface area contributed by atoms with Gasteiger partial charge < -0.3 is 14.5 Å². The minimum absolute atomic E-state index is 0.0145. The van der Waals surface area contributed by atoms with Crippen LogP contribution < -0.4 is 5.32 Å². The molecule has 1 aromatic carbocycles. The fourth-order valence-corrected chi connectivity index (χ4v) is 4.51. The first-order chi connectivity index (χ1) is 14.0. The molecule has 5 nitrogen and oxygen atoms in total. The standard InChI is InChI=1S/C23H22ClNO4/c1-3-28-23(27)20-13(2)25-17-11-14(19-9-6-10-29-19)12-18(26)22(17)21(20)15-7-4-5-8-16(15)24/h4-10,14,21,25H,3,11-12H2,1-2H3/t14-,21-/m1/s1. The Kier molecular flexibility index (Phi) is 5.33. The second kappa shape index (κ2) is 7.91. The molecule has 2 heterocycles. The highest BCUT2D eigenvalue weighted by molar-refractivity contribution is 6.31. The molecule has 0 saturated heterocycles. The minimum atomic E-state index is -0.552. The van der Waals surface area contributed by atoms with Crippen molar-refractivity contribution in [1.82, 2.24) is 5.32 Å². The van der Waals surface area contributed by atoms with Crippen LogP contribution in [0.2, 0.25) is 5.02 Å². The monoisotopic (exact) mass is 411 g/mol. The van der Waals surface area contributed by atoms with E-state index in [1.165, 1.54) is 0 Å². The van der Waals surface area contributed by atoms with Crippen molar-refractivity contribution in [3.8, 4) is 0 Å². The Bertz CT molecular complexity index is 1020. The van der Waals surface area contributed by atoms with Gasteiger partial charge in [-0.3, -0.25) is 4.79 Å². The van der Waals surface area contributed by atoms with Gasteiger partial charge in [0.05, 0.1) is 18.4 Å². The van der Waals surface area contributed by atoms with Crippen molar-refractivity contribution in [2.75, 3.05) is 6.61 Å². The van der Waals surface area contributed by atoms with Gasteiger partial charge in [-0.15, -0.1) is 0 Å². The van der Waals surface area contributed by atoms with E-state index in [-0.39, 0.29) is 18.3 Å². The Labute approximate surface area is 174 Å². The molecule has 1 aliphatic carbocycles. The highest BCUT2D eigenvalue weighted by atomic mass is 35.5. The van der Waals surface area contributed by atoms with Crippen LogP contribution in [0, 0.1) is 0 Å². The topological polar surface area (TPSA) is 68.5 Å². The summed E-state index contributed by atoms with van der Waals surface area (Å²) < 4.78 is 10.8. The number of Topliss-reactive ketones (excluding diaryl/α,β-unsaturated/α-hetero) is 1. The van der Waals surface area contributed by atoms with E-state index >= 15 is 0 Å². The van der Waals surface area contributed by atoms with Crippen LogP contribution in [0.15, 0.2) is 69.6 Å². The first-order valence-corrected chi connectivity index (χ1v) is 10.1. The Balaban J connectivity index is 1.83. The van der Waals surface area contributed by atoms with E-state index in [4.69, 9.17) is 20.8 Å². The summed E-state index contributed by atoms with van der Waals surface area (Å²) >= 11 is 6.50. The first kappa shape index (κ1) is 19.5. The molecular weight excluding hydrogens is 390 g/mol. The summed E-state index contributed by atoms with van der Waals surface area (Å²) in [4.78, 5) is 26.1. The molecule has 0 amide bonds. The molecule has 0 spiro atoms. The number of nitrogens with one attached hydrogen (secondary N) is 1. The Hall–Kier alpha value is -2.79. The molecule has 150 valence electrons. The van der Waals surface area contributed by atoms with E-state index in [0.717, 1.165) is 17.0 Å². The zero-order chi connectivity index (χ0) is 20.5. The number of furan rings is 1. The van der Waals surface area contributed by atoms with Crippen molar-refractivity contribution in [3.63, 3.8) is 0 Å². The van der Waals surface area contributed by atoms with Crippen LogP contribution in [0.3, 0.4) is 0 Å². The Morgan fingerprint density at radius 3 is 2.72 bits per heavy atom. The molecule has 0 saturated carbocycles. The lowest BCUT2D eigenvalue weighted by atomic mass is 9.72. The van der Waals surface area contributed by atoms with Gasteiger partial charge in [0.2, 0.25) is 0 Å². The number of carbonyl (C=O) groups excluding carboxylic acids is 2. The normalized spacial score (nSPS) is 21.7. The zero-order valence-corrected chi connectivity index (χ0v) is 17.1. The smallest absolute Gasteiger partial charge is 0.336 e. The van der Waals surface area contributed by atoms with Gasteiger partial charge in [0.1, 0.15) is 5.76 Å². The van der Waals surface area contributed by atoms with Gasteiger partial charge in [-0.2, -0.15) is 0 Å². The number of hydrogen-bond acceptors (Lipinski definition) is 5. The number of ether oxygens (including phenoxy) is 1. The fraction of sp³-hybridized carbons (Fsp3) is 0.304. The molecule has 2 atom stereocenters. The molecular formula is C23H22ClNO4. The molecule has 0 fully saturated rings. The van der Waals surface area contributed by atoms with Crippen molar-refractivity contribution in [2.24, 2.45) is 0 Å². The molecule has 2 aliphatic rings. The number of hydrogen-bond donors (Lipinski definition) is 1. The lowest BCUT2D eigenvalue weighted by Gasteiger charge is -2.36. The number of rotatable bonds is 4. The molecule has 6 heteroatoms. The van der Waals surface area contributed by atoms with Crippen molar-refractivity contribution in [3.05, 3.63) is 81.5 Å². The number of esters is 1. The highest BCUT2D eigenvalue weighted by Crippen LogP contribution is 2.47. The summed E-state index contributed by atoms with van der Waals surface area (Å²) in [6.07, 6.45) is 2.57. The molecule has 4 rings (SSSR count). The van der Waals surface area contributed by atoms with E-state index in [9.17, 15) is 9.59 Å². The summed E-state index contributed by atoms with van der Waals surface area (Å²) in [7, 11) is 0. The Morgan fingerprint density at radius 1 is 1.24 bits per heavy atom. The van der Waals surface area contributed by atoms with Gasteiger partial charge in [-0.25, -0.2) is 4.79 Å². The zero-order valence-electron chi connectivity index (χ0n) is 16.3. The van der Waals surface area contributed by atoms with Crippen molar-refractivity contribution >= 4 is 23.4 Å². The lowest BCUT2D eigenvalue weighted by Crippen LogP contribution is -2.36. The molecule has 2 aromatic rings. The summed E-state index contributed by atoms with van der Waals surface area (Å²) in [6.45, 7) is 3.85. The molecule has 1 N–H and O–H groups in total. The van der Waals surface area contributed by atoms with Crippen molar-refractivity contribution in [1.29, 1.82) is 0 Å². The van der Waals surface area contributed by atoms with E-state index in [2.05, 4.69) is 5.32 Å². The number of halogens is 1. The molecule has 0 unspecified atom stereocenters. The van der Waals surface area contributed by atoms with Crippen LogP contribution in [0.25, 0.3) is 0 Å². The summed E-state index contributed by atoms with van der Waals surface area (Å²) in [6, 6.07) is 11.1. The van der Waals surface area contributed by atoms with Gasteiger partial charge >= 0.3 is 5.97 Å². The molecule has 0 bridgehead atoms. The van der Waals surface area contributed by atoms with Crippen LogP contribution in [-0.4, -0.2) is 18.4 Å². The van der Waals surface area contributed by atoms with E-state index in [0.29, 0.717) is 34.7 Å². The second-order valence-electron chi connectivity index (χ2n) is 7.27. The molecule has 1 aliphatic heterocycles. The fourth-order valence-electron chi connectivity index (χ4n) is 4.26. The van der Waals surface area contributed by atoms with Crippen LogP contribution in [0.5, 0.6) is 0 Å². The SMILES string of the molecule is CCOC(=O)C1=C(C)NC2=C(C(=O)C[C@H](c3ccco3)C2)[C@@H]1c1ccccc1Cl. The number of carbonyl (C=O) groups is 2. The van der Waals surface area contributed by atoms with Gasteiger partial charge in [0.25, 0.3) is 0 Å².